The van der Waals surface area contributed by atoms with Crippen molar-refractivity contribution in [3.63, 3.8) is 0 Å². The molecular weight excluding hydrogens is 200 g/mol. The van der Waals surface area contributed by atoms with Gasteiger partial charge in [-0.1, -0.05) is 5.16 Å². The summed E-state index contributed by atoms with van der Waals surface area (Å²) in [5.74, 6) is 2.52. The second-order valence-corrected chi connectivity index (χ2v) is 4.91. The highest BCUT2D eigenvalue weighted by Gasteiger charge is 2.23. The van der Waals surface area contributed by atoms with Crippen molar-refractivity contribution in [3.05, 3.63) is 11.7 Å². The lowest BCUT2D eigenvalue weighted by atomic mass is 10.2. The average molecular weight is 214 g/mol. The van der Waals surface area contributed by atoms with Crippen molar-refractivity contribution in [2.24, 2.45) is 0 Å². The number of aromatic nitrogens is 2. The van der Waals surface area contributed by atoms with Gasteiger partial charge >= 0.3 is 0 Å². The monoisotopic (exact) mass is 214 g/mol. The van der Waals surface area contributed by atoms with Gasteiger partial charge in [-0.3, -0.25) is 0 Å². The topological polar surface area (TPSA) is 59.2 Å². The van der Waals surface area contributed by atoms with Gasteiger partial charge in [0.1, 0.15) is 0 Å². The smallest absolute Gasteiger partial charge is 0.239 e. The van der Waals surface area contributed by atoms with Crippen LogP contribution in [0.2, 0.25) is 0 Å². The second kappa shape index (κ2) is 4.31. The highest BCUT2D eigenvalue weighted by Crippen LogP contribution is 2.38. The number of aliphatic hydroxyl groups excluding tert-OH is 1. The Hall–Kier alpha value is -0.550. The molecule has 1 aliphatic heterocycles. The Balaban J connectivity index is 2.01. The van der Waals surface area contributed by atoms with Crippen molar-refractivity contribution < 1.29 is 9.63 Å². The summed E-state index contributed by atoms with van der Waals surface area (Å²) in [6.07, 6.45) is 2.42. The Bertz CT molecular complexity index is 295. The quantitative estimate of drug-likeness (QED) is 0.827. The summed E-state index contributed by atoms with van der Waals surface area (Å²) in [4.78, 5) is 4.27. The summed E-state index contributed by atoms with van der Waals surface area (Å²) >= 11 is 1.87. The zero-order chi connectivity index (χ0) is 9.97. The van der Waals surface area contributed by atoms with Gasteiger partial charge in [-0.25, -0.2) is 0 Å². The van der Waals surface area contributed by atoms with Crippen LogP contribution in [0, 0.1) is 0 Å². The molecule has 1 aromatic rings. The number of nitrogens with zero attached hydrogens (tertiary/aromatic N) is 2. The fourth-order valence-corrected chi connectivity index (χ4v) is 2.71. The van der Waals surface area contributed by atoms with E-state index in [1.165, 1.54) is 12.2 Å². The number of hydrogen-bond acceptors (Lipinski definition) is 5. The lowest BCUT2D eigenvalue weighted by Gasteiger charge is -1.99. The minimum atomic E-state index is -0.406. The van der Waals surface area contributed by atoms with Gasteiger partial charge in [0.25, 0.3) is 0 Å². The van der Waals surface area contributed by atoms with Crippen LogP contribution in [0.4, 0.5) is 0 Å². The maximum absolute atomic E-state index is 9.15. The van der Waals surface area contributed by atoms with Crippen molar-refractivity contribution in [1.29, 1.82) is 0 Å². The van der Waals surface area contributed by atoms with Crippen LogP contribution < -0.4 is 0 Å². The second-order valence-electron chi connectivity index (χ2n) is 3.60. The molecule has 78 valence electrons. The maximum Gasteiger partial charge on any atom is 0.239 e. The Kier molecular flexibility index (Phi) is 3.08. The normalized spacial score (nSPS) is 24.0. The van der Waals surface area contributed by atoms with E-state index in [1.54, 1.807) is 6.92 Å². The molecule has 0 radical (unpaired) electrons. The van der Waals surface area contributed by atoms with Crippen LogP contribution in [0.25, 0.3) is 0 Å². The minimum Gasteiger partial charge on any atom is -0.393 e. The first-order valence-electron chi connectivity index (χ1n) is 4.88. The largest absolute Gasteiger partial charge is 0.393 e. The van der Waals surface area contributed by atoms with Gasteiger partial charge < -0.3 is 9.63 Å². The van der Waals surface area contributed by atoms with Crippen molar-refractivity contribution in [3.8, 4) is 0 Å². The summed E-state index contributed by atoms with van der Waals surface area (Å²) in [6, 6.07) is 0. The van der Waals surface area contributed by atoms with Gasteiger partial charge in [-0.2, -0.15) is 4.98 Å². The van der Waals surface area contributed by atoms with Crippen LogP contribution in [-0.2, 0) is 6.42 Å². The highest BCUT2D eigenvalue weighted by molar-refractivity contribution is 7.99. The van der Waals surface area contributed by atoms with Gasteiger partial charge in [0.2, 0.25) is 5.89 Å². The fourth-order valence-electron chi connectivity index (χ4n) is 1.52. The predicted octanol–water partition coefficient (Wildman–Crippen LogP) is 1.56. The Labute approximate surface area is 87.1 Å². The number of thioether (sulfide) groups is 1. The van der Waals surface area contributed by atoms with Crippen LogP contribution in [0.15, 0.2) is 4.52 Å². The molecule has 1 N–H and O–H groups in total. The van der Waals surface area contributed by atoms with Crippen LogP contribution in [0.5, 0.6) is 0 Å². The molecule has 2 heterocycles. The average Bonchev–Trinajstić information content (AvgIpc) is 2.69. The zero-order valence-electron chi connectivity index (χ0n) is 8.14. The van der Waals surface area contributed by atoms with Gasteiger partial charge in [0.15, 0.2) is 5.82 Å². The molecule has 0 saturated carbocycles. The number of rotatable bonds is 3. The van der Waals surface area contributed by atoms with Crippen molar-refractivity contribution in [2.45, 2.75) is 37.5 Å². The van der Waals surface area contributed by atoms with Crippen molar-refractivity contribution in [2.75, 3.05) is 5.75 Å². The maximum atomic E-state index is 9.15. The molecule has 14 heavy (non-hydrogen) atoms. The van der Waals surface area contributed by atoms with E-state index in [0.717, 1.165) is 12.3 Å². The fraction of sp³-hybridized carbons (Fsp3) is 0.778. The SMILES string of the molecule is CC(O)Cc1noc(C2CCCS2)n1. The third-order valence-electron chi connectivity index (χ3n) is 2.17. The molecule has 1 aliphatic rings. The molecule has 0 aromatic carbocycles. The van der Waals surface area contributed by atoms with Gasteiger partial charge in [-0.05, 0) is 25.5 Å². The van der Waals surface area contributed by atoms with E-state index in [1.807, 2.05) is 11.8 Å². The van der Waals surface area contributed by atoms with Crippen LogP contribution in [0.1, 0.15) is 36.7 Å². The van der Waals surface area contributed by atoms with E-state index in [9.17, 15) is 0 Å². The third kappa shape index (κ3) is 2.27. The van der Waals surface area contributed by atoms with E-state index < -0.39 is 6.10 Å². The summed E-state index contributed by atoms with van der Waals surface area (Å²) < 4.78 is 5.16. The van der Waals surface area contributed by atoms with Crippen LogP contribution >= 0.6 is 11.8 Å². The molecule has 1 saturated heterocycles. The van der Waals surface area contributed by atoms with Gasteiger partial charge in [-0.15, -0.1) is 11.8 Å². The van der Waals surface area contributed by atoms with Crippen molar-refractivity contribution >= 4 is 11.8 Å². The van der Waals surface area contributed by atoms with E-state index in [4.69, 9.17) is 9.63 Å². The molecule has 2 unspecified atom stereocenters. The molecule has 2 rings (SSSR count). The summed E-state index contributed by atoms with van der Waals surface area (Å²) in [6.45, 7) is 1.72. The Morgan fingerprint density at radius 2 is 2.57 bits per heavy atom. The van der Waals surface area contributed by atoms with Crippen molar-refractivity contribution in [1.82, 2.24) is 10.1 Å². The van der Waals surface area contributed by atoms with E-state index >= 15 is 0 Å². The minimum absolute atomic E-state index is 0.380. The van der Waals surface area contributed by atoms with Crippen LogP contribution in [-0.4, -0.2) is 27.1 Å². The van der Waals surface area contributed by atoms with Gasteiger partial charge in [0.05, 0.1) is 11.4 Å². The third-order valence-corrected chi connectivity index (χ3v) is 3.53. The van der Waals surface area contributed by atoms with Crippen LogP contribution in [0.3, 0.4) is 0 Å². The Morgan fingerprint density at radius 1 is 1.71 bits per heavy atom. The number of aliphatic hydroxyl groups is 1. The Morgan fingerprint density at radius 3 is 3.21 bits per heavy atom. The summed E-state index contributed by atoms with van der Waals surface area (Å²) in [5, 5.41) is 13.4. The van der Waals surface area contributed by atoms with E-state index in [0.29, 0.717) is 17.5 Å². The standard InChI is InChI=1S/C9H14N2O2S/c1-6(12)5-8-10-9(13-11-8)7-3-2-4-14-7/h6-7,12H,2-5H2,1H3. The molecule has 4 nitrogen and oxygen atoms in total. The molecule has 0 amide bonds. The predicted molar refractivity (Wildman–Crippen MR) is 54.1 cm³/mol. The first kappa shape index (κ1) is 9.98. The van der Waals surface area contributed by atoms with Gasteiger partial charge in [0, 0.05) is 6.42 Å². The first-order chi connectivity index (χ1) is 6.75. The molecular formula is C9H14N2O2S. The molecule has 0 spiro atoms. The van der Waals surface area contributed by atoms with E-state index in [-0.39, 0.29) is 0 Å². The molecule has 5 heteroatoms. The van der Waals surface area contributed by atoms with E-state index in [2.05, 4.69) is 10.1 Å². The summed E-state index contributed by atoms with van der Waals surface area (Å²) in [7, 11) is 0. The highest BCUT2D eigenvalue weighted by atomic mass is 32.2. The first-order valence-corrected chi connectivity index (χ1v) is 5.92. The molecule has 1 fully saturated rings. The molecule has 1 aromatic heterocycles. The zero-order valence-corrected chi connectivity index (χ0v) is 8.96. The molecule has 2 atom stereocenters. The molecule has 0 bridgehead atoms. The number of hydrogen-bond donors (Lipinski definition) is 1. The lowest BCUT2D eigenvalue weighted by Crippen LogP contribution is -2.05. The lowest BCUT2D eigenvalue weighted by molar-refractivity contribution is 0.191. The molecule has 0 aliphatic carbocycles. The summed E-state index contributed by atoms with van der Waals surface area (Å²) in [5.41, 5.74) is 0.